The third-order valence-corrected chi connectivity index (χ3v) is 6.80. The molecule has 200 valence electrons. The van der Waals surface area contributed by atoms with E-state index in [1.54, 1.807) is 24.3 Å². The van der Waals surface area contributed by atoms with Gasteiger partial charge in [-0.1, -0.05) is 48.5 Å². The molecule has 2 heterocycles. The molecule has 1 amide bonds. The summed E-state index contributed by atoms with van der Waals surface area (Å²) in [5, 5.41) is 9.72. The second-order valence-corrected chi connectivity index (χ2v) is 9.63. The molecule has 3 aromatic carbocycles. The van der Waals surface area contributed by atoms with Gasteiger partial charge in [0.15, 0.2) is 0 Å². The van der Waals surface area contributed by atoms with Gasteiger partial charge in [0.2, 0.25) is 5.89 Å². The third kappa shape index (κ3) is 6.46. The van der Waals surface area contributed by atoms with Crippen LogP contribution in [0.1, 0.15) is 23.4 Å². The van der Waals surface area contributed by atoms with Crippen LogP contribution in [-0.2, 0) is 17.6 Å². The molecule has 0 unspecified atom stereocenters. The molecule has 1 aliphatic rings. The fourth-order valence-corrected chi connectivity index (χ4v) is 4.88. The second kappa shape index (κ2) is 11.9. The number of aryl methyl sites for hydroxylation is 1. The maximum atomic E-state index is 12.7. The average Bonchev–Trinajstić information content (AvgIpc) is 3.54. The van der Waals surface area contributed by atoms with Crippen LogP contribution in [0, 0.1) is 12.8 Å². The van der Waals surface area contributed by atoms with E-state index in [-0.39, 0.29) is 5.92 Å². The lowest BCUT2D eigenvalue weighted by Gasteiger charge is -2.20. The molecule has 0 saturated carbocycles. The Morgan fingerprint density at radius 3 is 2.46 bits per heavy atom. The number of carbonyl (C=O) groups excluding carboxylic acids is 1. The zero-order valence-corrected chi connectivity index (χ0v) is 21.7. The van der Waals surface area contributed by atoms with Gasteiger partial charge >= 0.3 is 12.1 Å². The van der Waals surface area contributed by atoms with Gasteiger partial charge in [0.1, 0.15) is 23.3 Å². The predicted octanol–water partition coefficient (Wildman–Crippen LogP) is 5.79. The maximum Gasteiger partial charge on any atom is 0.415 e. The van der Waals surface area contributed by atoms with Crippen molar-refractivity contribution in [3.8, 4) is 23.0 Å². The molecule has 1 saturated heterocycles. The average molecular weight is 527 g/mol. The molecular weight excluding hydrogens is 496 g/mol. The van der Waals surface area contributed by atoms with Crippen LogP contribution in [0.5, 0.6) is 11.5 Å². The molecular formula is C31H30N2O6. The first-order chi connectivity index (χ1) is 19.0. The van der Waals surface area contributed by atoms with Crippen LogP contribution < -0.4 is 9.47 Å². The number of hydrogen-bond acceptors (Lipinski definition) is 6. The van der Waals surface area contributed by atoms with Gasteiger partial charge in [-0.15, -0.1) is 0 Å². The smallest absolute Gasteiger partial charge is 0.415 e. The standard InChI is InChI=1S/C31H30N2O6/c1-21-27(32-29(38-21)24-10-4-2-5-11-24)15-16-37-26-14-8-9-22(18-26)17-23-19-28(30(34)35)33(20-23)31(36)39-25-12-6-3-7-13-25/h2-14,18,23,28H,15-17,19-20H2,1H3,(H,34,35)/t23-,28+/m1/s1. The van der Waals surface area contributed by atoms with Crippen molar-refractivity contribution in [2.24, 2.45) is 5.92 Å². The van der Waals surface area contributed by atoms with E-state index in [4.69, 9.17) is 13.9 Å². The third-order valence-electron chi connectivity index (χ3n) is 6.80. The van der Waals surface area contributed by atoms with Crippen molar-refractivity contribution in [2.45, 2.75) is 32.2 Å². The maximum absolute atomic E-state index is 12.7. The summed E-state index contributed by atoms with van der Waals surface area (Å²) in [7, 11) is 0. The molecule has 0 spiro atoms. The first kappa shape index (κ1) is 26.0. The van der Waals surface area contributed by atoms with Crippen LogP contribution in [0.4, 0.5) is 4.79 Å². The van der Waals surface area contributed by atoms with Crippen molar-refractivity contribution in [2.75, 3.05) is 13.2 Å². The van der Waals surface area contributed by atoms with Crippen molar-refractivity contribution >= 4 is 12.1 Å². The quantitative estimate of drug-likeness (QED) is 0.295. The summed E-state index contributed by atoms with van der Waals surface area (Å²) >= 11 is 0. The molecule has 4 aromatic rings. The summed E-state index contributed by atoms with van der Waals surface area (Å²) in [6.45, 7) is 2.65. The van der Waals surface area contributed by atoms with Crippen molar-refractivity contribution in [1.82, 2.24) is 9.88 Å². The minimum Gasteiger partial charge on any atom is -0.493 e. The predicted molar refractivity (Wildman–Crippen MR) is 145 cm³/mol. The molecule has 8 heteroatoms. The number of para-hydroxylation sites is 1. The Morgan fingerprint density at radius 1 is 1.00 bits per heavy atom. The Kier molecular flexibility index (Phi) is 7.91. The van der Waals surface area contributed by atoms with Gasteiger partial charge in [-0.25, -0.2) is 14.6 Å². The van der Waals surface area contributed by atoms with E-state index in [0.29, 0.717) is 44.1 Å². The van der Waals surface area contributed by atoms with Crippen LogP contribution in [-0.4, -0.2) is 46.2 Å². The van der Waals surface area contributed by atoms with Crippen LogP contribution in [0.2, 0.25) is 0 Å². The Hall–Kier alpha value is -4.59. The van der Waals surface area contributed by atoms with E-state index in [0.717, 1.165) is 28.3 Å². The molecule has 2 atom stereocenters. The highest BCUT2D eigenvalue weighted by atomic mass is 16.6. The monoisotopic (exact) mass is 526 g/mol. The number of carboxylic acid groups (broad SMARTS) is 1. The lowest BCUT2D eigenvalue weighted by Crippen LogP contribution is -2.42. The highest BCUT2D eigenvalue weighted by Crippen LogP contribution is 2.29. The first-order valence-electron chi connectivity index (χ1n) is 13.0. The Balaban J connectivity index is 1.17. The molecule has 8 nitrogen and oxygen atoms in total. The summed E-state index contributed by atoms with van der Waals surface area (Å²) in [6.07, 6.45) is 0.943. The fraction of sp³-hybridized carbons (Fsp3) is 0.258. The highest BCUT2D eigenvalue weighted by molar-refractivity contribution is 5.81. The van der Waals surface area contributed by atoms with Crippen molar-refractivity contribution in [3.63, 3.8) is 0 Å². The van der Waals surface area contributed by atoms with Gasteiger partial charge in [0, 0.05) is 18.5 Å². The number of benzene rings is 3. The number of hydrogen-bond donors (Lipinski definition) is 1. The highest BCUT2D eigenvalue weighted by Gasteiger charge is 2.40. The van der Waals surface area contributed by atoms with Gasteiger partial charge in [0.05, 0.1) is 12.3 Å². The van der Waals surface area contributed by atoms with E-state index in [2.05, 4.69) is 4.98 Å². The minimum atomic E-state index is -1.03. The SMILES string of the molecule is Cc1oc(-c2ccccc2)nc1CCOc1cccc(C[C@@H]2C[C@@H](C(=O)O)N(C(=O)Oc3ccccc3)C2)c1. The van der Waals surface area contributed by atoms with Crippen LogP contribution >= 0.6 is 0 Å². The van der Waals surface area contributed by atoms with Crippen LogP contribution in [0.3, 0.4) is 0 Å². The van der Waals surface area contributed by atoms with E-state index in [1.807, 2.05) is 67.6 Å². The van der Waals surface area contributed by atoms with Crippen LogP contribution in [0.15, 0.2) is 89.3 Å². The van der Waals surface area contributed by atoms with Gasteiger partial charge in [0.25, 0.3) is 0 Å². The minimum absolute atomic E-state index is 0.0149. The van der Waals surface area contributed by atoms with E-state index >= 15 is 0 Å². The summed E-state index contributed by atoms with van der Waals surface area (Å²) in [6, 6.07) is 25.3. The zero-order chi connectivity index (χ0) is 27.2. The second-order valence-electron chi connectivity index (χ2n) is 9.63. The number of aliphatic carboxylic acids is 1. The lowest BCUT2D eigenvalue weighted by atomic mass is 9.96. The first-order valence-corrected chi connectivity index (χ1v) is 13.0. The molecule has 5 rings (SSSR count). The van der Waals surface area contributed by atoms with E-state index in [1.165, 1.54) is 4.90 Å². The largest absolute Gasteiger partial charge is 0.493 e. The number of rotatable bonds is 9. The van der Waals surface area contributed by atoms with Gasteiger partial charge in [-0.05, 0) is 67.6 Å². The number of nitrogens with zero attached hydrogens (tertiary/aromatic N) is 2. The topological polar surface area (TPSA) is 102 Å². The lowest BCUT2D eigenvalue weighted by molar-refractivity contribution is -0.141. The molecule has 0 radical (unpaired) electrons. The molecule has 1 fully saturated rings. The van der Waals surface area contributed by atoms with Crippen LogP contribution in [0.25, 0.3) is 11.5 Å². The molecule has 39 heavy (non-hydrogen) atoms. The van der Waals surface area contributed by atoms with Gasteiger partial charge in [-0.3, -0.25) is 4.90 Å². The Labute approximate surface area is 226 Å². The van der Waals surface area contributed by atoms with Crippen molar-refractivity contribution < 1.29 is 28.6 Å². The summed E-state index contributed by atoms with van der Waals surface area (Å²) in [4.78, 5) is 30.6. The Morgan fingerprint density at radius 2 is 1.72 bits per heavy atom. The number of likely N-dealkylation sites (tertiary alicyclic amines) is 1. The zero-order valence-electron chi connectivity index (χ0n) is 21.7. The van der Waals surface area contributed by atoms with Gasteiger partial charge < -0.3 is 19.0 Å². The van der Waals surface area contributed by atoms with Crippen molar-refractivity contribution in [3.05, 3.63) is 102 Å². The van der Waals surface area contributed by atoms with E-state index in [9.17, 15) is 14.7 Å². The summed E-state index contributed by atoms with van der Waals surface area (Å²) in [5.41, 5.74) is 2.81. The molecule has 1 N–H and O–H groups in total. The summed E-state index contributed by atoms with van der Waals surface area (Å²) < 4.78 is 17.2. The molecule has 1 aliphatic heterocycles. The number of ether oxygens (including phenoxy) is 2. The van der Waals surface area contributed by atoms with Crippen molar-refractivity contribution in [1.29, 1.82) is 0 Å². The Bertz CT molecular complexity index is 1420. The van der Waals surface area contributed by atoms with E-state index < -0.39 is 18.1 Å². The number of carbonyl (C=O) groups is 2. The number of carboxylic acids is 1. The molecule has 0 aliphatic carbocycles. The number of aromatic nitrogens is 1. The number of oxazole rings is 1. The molecule has 0 bridgehead atoms. The molecule has 1 aromatic heterocycles. The summed E-state index contributed by atoms with van der Waals surface area (Å²) in [5.74, 6) is 1.44. The normalized spacial score (nSPS) is 16.7. The fourth-order valence-electron chi connectivity index (χ4n) is 4.88. The number of amides is 1. The van der Waals surface area contributed by atoms with Gasteiger partial charge in [-0.2, -0.15) is 0 Å².